The molecule has 1 aromatic heterocycles. The molecule has 2 rings (SSSR count). The first kappa shape index (κ1) is 10.4. The lowest BCUT2D eigenvalue weighted by atomic mass is 10.1. The molecule has 0 spiro atoms. The Morgan fingerprint density at radius 2 is 2.40 bits per heavy atom. The van der Waals surface area contributed by atoms with E-state index in [-0.39, 0.29) is 0 Å². The first-order valence-corrected chi connectivity index (χ1v) is 5.61. The first-order valence-electron chi connectivity index (χ1n) is 5.61. The van der Waals surface area contributed by atoms with Gasteiger partial charge in [0.05, 0.1) is 5.69 Å². The third kappa shape index (κ3) is 2.26. The Morgan fingerprint density at radius 3 is 3.20 bits per heavy atom. The minimum atomic E-state index is 0.464. The molecule has 1 unspecified atom stereocenters. The Bertz CT molecular complexity index is 337. The molecule has 4 nitrogen and oxygen atoms in total. The van der Waals surface area contributed by atoms with Crippen molar-refractivity contribution in [2.75, 3.05) is 11.9 Å². The fourth-order valence-electron chi connectivity index (χ4n) is 1.73. The summed E-state index contributed by atoms with van der Waals surface area (Å²) in [5.74, 6) is 1.00. The summed E-state index contributed by atoms with van der Waals surface area (Å²) in [6, 6.07) is 0.464. The Kier molecular flexibility index (Phi) is 3.16. The summed E-state index contributed by atoms with van der Waals surface area (Å²) >= 11 is 0. The highest BCUT2D eigenvalue weighted by molar-refractivity contribution is 5.47. The van der Waals surface area contributed by atoms with E-state index in [0.29, 0.717) is 6.04 Å². The molecule has 15 heavy (non-hydrogen) atoms. The van der Waals surface area contributed by atoms with Crippen molar-refractivity contribution in [2.24, 2.45) is 0 Å². The second-order valence-electron chi connectivity index (χ2n) is 4.03. The van der Waals surface area contributed by atoms with E-state index < -0.39 is 0 Å². The van der Waals surface area contributed by atoms with E-state index >= 15 is 0 Å². The fraction of sp³-hybridized carbons (Fsp3) is 0.636. The lowest BCUT2D eigenvalue weighted by Crippen LogP contribution is -2.27. The number of nitrogens with zero attached hydrogens (tertiary/aromatic N) is 2. The van der Waals surface area contributed by atoms with E-state index in [0.717, 1.165) is 31.7 Å². The molecule has 2 heterocycles. The van der Waals surface area contributed by atoms with Crippen LogP contribution >= 0.6 is 0 Å². The fourth-order valence-corrected chi connectivity index (χ4v) is 1.73. The quantitative estimate of drug-likeness (QED) is 0.783. The number of hydrogen-bond donors (Lipinski definition) is 2. The van der Waals surface area contributed by atoms with E-state index in [2.05, 4.69) is 34.4 Å². The lowest BCUT2D eigenvalue weighted by Gasteiger charge is -2.21. The largest absolute Gasteiger partial charge is 0.367 e. The zero-order valence-electron chi connectivity index (χ0n) is 9.38. The zero-order valence-corrected chi connectivity index (χ0v) is 9.38. The SMILES string of the molecule is CCC(C)Nc1ncnc2c1CNCC2. The summed E-state index contributed by atoms with van der Waals surface area (Å²) in [6.45, 7) is 6.25. The maximum atomic E-state index is 4.32. The average molecular weight is 206 g/mol. The van der Waals surface area contributed by atoms with Crippen LogP contribution in [0.3, 0.4) is 0 Å². The van der Waals surface area contributed by atoms with E-state index in [9.17, 15) is 0 Å². The summed E-state index contributed by atoms with van der Waals surface area (Å²) in [5.41, 5.74) is 2.43. The Labute approximate surface area is 90.5 Å². The van der Waals surface area contributed by atoms with Gasteiger partial charge in [-0.3, -0.25) is 0 Å². The zero-order chi connectivity index (χ0) is 10.7. The van der Waals surface area contributed by atoms with E-state index in [1.165, 1.54) is 11.3 Å². The van der Waals surface area contributed by atoms with Crippen molar-refractivity contribution in [3.63, 3.8) is 0 Å². The number of fused-ring (bicyclic) bond motifs is 1. The molecule has 2 N–H and O–H groups in total. The van der Waals surface area contributed by atoms with Crippen LogP contribution in [0.4, 0.5) is 5.82 Å². The smallest absolute Gasteiger partial charge is 0.134 e. The van der Waals surface area contributed by atoms with Crippen molar-refractivity contribution in [2.45, 2.75) is 39.3 Å². The molecule has 4 heteroatoms. The third-order valence-electron chi connectivity index (χ3n) is 2.87. The minimum Gasteiger partial charge on any atom is -0.367 e. The molecule has 0 fully saturated rings. The standard InChI is InChI=1S/C11H18N4/c1-3-8(2)15-11-9-6-12-5-4-10(9)13-7-14-11/h7-8,12H,3-6H2,1-2H3,(H,13,14,15). The second-order valence-corrected chi connectivity index (χ2v) is 4.03. The Morgan fingerprint density at radius 1 is 1.53 bits per heavy atom. The monoisotopic (exact) mass is 206 g/mol. The summed E-state index contributed by atoms with van der Waals surface area (Å²) in [6.07, 6.45) is 3.77. The van der Waals surface area contributed by atoms with Gasteiger partial charge in [-0.2, -0.15) is 0 Å². The predicted molar refractivity (Wildman–Crippen MR) is 60.8 cm³/mol. The summed E-state index contributed by atoms with van der Waals surface area (Å²) in [4.78, 5) is 8.64. The number of nitrogens with one attached hydrogen (secondary N) is 2. The van der Waals surface area contributed by atoms with Crippen molar-refractivity contribution >= 4 is 5.82 Å². The van der Waals surface area contributed by atoms with E-state index in [1.807, 2.05) is 0 Å². The first-order chi connectivity index (χ1) is 7.31. The van der Waals surface area contributed by atoms with Crippen LogP contribution in [-0.4, -0.2) is 22.6 Å². The van der Waals surface area contributed by atoms with Crippen LogP contribution in [0.25, 0.3) is 0 Å². The predicted octanol–water partition coefficient (Wildman–Crippen LogP) is 1.33. The highest BCUT2D eigenvalue weighted by Crippen LogP contribution is 2.19. The van der Waals surface area contributed by atoms with Gasteiger partial charge in [-0.15, -0.1) is 0 Å². The number of hydrogen-bond acceptors (Lipinski definition) is 4. The van der Waals surface area contributed by atoms with Crippen LogP contribution in [0.1, 0.15) is 31.5 Å². The molecule has 82 valence electrons. The van der Waals surface area contributed by atoms with E-state index in [1.54, 1.807) is 6.33 Å². The van der Waals surface area contributed by atoms with Crippen LogP contribution in [-0.2, 0) is 13.0 Å². The molecule has 0 aromatic carbocycles. The third-order valence-corrected chi connectivity index (χ3v) is 2.87. The molecule has 0 aliphatic carbocycles. The summed E-state index contributed by atoms with van der Waals surface area (Å²) < 4.78 is 0. The maximum Gasteiger partial charge on any atom is 0.134 e. The van der Waals surface area contributed by atoms with Gasteiger partial charge in [0.15, 0.2) is 0 Å². The highest BCUT2D eigenvalue weighted by atomic mass is 15.1. The molecule has 0 radical (unpaired) electrons. The molecule has 1 aliphatic rings. The normalized spacial score (nSPS) is 16.9. The molecule has 0 amide bonds. The number of aromatic nitrogens is 2. The van der Waals surface area contributed by atoms with Gasteiger partial charge in [0, 0.05) is 31.1 Å². The van der Waals surface area contributed by atoms with Crippen molar-refractivity contribution < 1.29 is 0 Å². The maximum absolute atomic E-state index is 4.32. The van der Waals surface area contributed by atoms with Gasteiger partial charge in [-0.1, -0.05) is 6.92 Å². The molecule has 0 saturated heterocycles. The molecule has 0 saturated carbocycles. The van der Waals surface area contributed by atoms with Gasteiger partial charge >= 0.3 is 0 Å². The van der Waals surface area contributed by atoms with Gasteiger partial charge in [-0.25, -0.2) is 9.97 Å². The van der Waals surface area contributed by atoms with Crippen molar-refractivity contribution in [1.29, 1.82) is 0 Å². The number of rotatable bonds is 3. The van der Waals surface area contributed by atoms with Crippen LogP contribution in [0, 0.1) is 0 Å². The van der Waals surface area contributed by atoms with Crippen LogP contribution in [0.15, 0.2) is 6.33 Å². The lowest BCUT2D eigenvalue weighted by molar-refractivity contribution is 0.624. The van der Waals surface area contributed by atoms with Crippen molar-refractivity contribution in [3.8, 4) is 0 Å². The number of anilines is 1. The van der Waals surface area contributed by atoms with E-state index in [4.69, 9.17) is 0 Å². The van der Waals surface area contributed by atoms with Gasteiger partial charge in [-0.05, 0) is 13.3 Å². The summed E-state index contributed by atoms with van der Waals surface area (Å²) in [5, 5.41) is 6.78. The molecular formula is C11H18N4. The Balaban J connectivity index is 2.23. The molecule has 0 bridgehead atoms. The van der Waals surface area contributed by atoms with Crippen LogP contribution < -0.4 is 10.6 Å². The van der Waals surface area contributed by atoms with Crippen LogP contribution in [0.2, 0.25) is 0 Å². The molecule has 1 aromatic rings. The topological polar surface area (TPSA) is 49.8 Å². The highest BCUT2D eigenvalue weighted by Gasteiger charge is 2.15. The van der Waals surface area contributed by atoms with Gasteiger partial charge < -0.3 is 10.6 Å². The minimum absolute atomic E-state index is 0.464. The Hall–Kier alpha value is -1.16. The second kappa shape index (κ2) is 4.57. The average Bonchev–Trinajstić information content (AvgIpc) is 2.29. The summed E-state index contributed by atoms with van der Waals surface area (Å²) in [7, 11) is 0. The van der Waals surface area contributed by atoms with Crippen LogP contribution in [0.5, 0.6) is 0 Å². The van der Waals surface area contributed by atoms with Gasteiger partial charge in [0.25, 0.3) is 0 Å². The van der Waals surface area contributed by atoms with Gasteiger partial charge in [0.1, 0.15) is 12.1 Å². The molecular weight excluding hydrogens is 188 g/mol. The molecule has 1 aliphatic heterocycles. The molecule has 1 atom stereocenters. The van der Waals surface area contributed by atoms with Crippen molar-refractivity contribution in [1.82, 2.24) is 15.3 Å². The van der Waals surface area contributed by atoms with Crippen molar-refractivity contribution in [3.05, 3.63) is 17.6 Å². The van der Waals surface area contributed by atoms with Gasteiger partial charge in [0.2, 0.25) is 0 Å².